The number of hydrogen-bond donors (Lipinski definition) is 1. The molecule has 0 atom stereocenters. The first-order valence-electron chi connectivity index (χ1n) is 6.97. The number of nitrogens with zero attached hydrogens (tertiary/aromatic N) is 1. The number of nitrogens with one attached hydrogen (secondary N) is 1. The van der Waals surface area contributed by atoms with Crippen LogP contribution in [0.15, 0.2) is 34.1 Å². The molecule has 114 valence electrons. The molecule has 1 aromatic carbocycles. The summed E-state index contributed by atoms with van der Waals surface area (Å²) < 4.78 is 0.906. The van der Waals surface area contributed by atoms with Crippen LogP contribution < -0.4 is 10.2 Å². The first-order chi connectivity index (χ1) is 10.5. The fourth-order valence-corrected chi connectivity index (χ4v) is 3.89. The van der Waals surface area contributed by atoms with E-state index in [1.165, 1.54) is 0 Å². The van der Waals surface area contributed by atoms with Crippen LogP contribution in [-0.2, 0) is 22.4 Å². The maximum Gasteiger partial charge on any atom is 0.229 e. The molecular formula is C16H15BrN2O2S. The van der Waals surface area contributed by atoms with Crippen LogP contribution in [0.2, 0.25) is 0 Å². The highest BCUT2D eigenvalue weighted by Crippen LogP contribution is 2.38. The number of hydrogen-bond acceptors (Lipinski definition) is 3. The van der Waals surface area contributed by atoms with Crippen molar-refractivity contribution < 1.29 is 9.59 Å². The second-order valence-corrected chi connectivity index (χ2v) is 7.13. The van der Waals surface area contributed by atoms with Gasteiger partial charge in [-0.3, -0.25) is 9.59 Å². The Balaban J connectivity index is 1.87. The van der Waals surface area contributed by atoms with E-state index in [1.807, 2.05) is 29.6 Å². The molecular weight excluding hydrogens is 364 g/mol. The average Bonchev–Trinajstić information content (AvgIpc) is 3.07. The predicted octanol–water partition coefficient (Wildman–Crippen LogP) is 3.60. The van der Waals surface area contributed by atoms with Crippen molar-refractivity contribution in [3.63, 3.8) is 0 Å². The van der Waals surface area contributed by atoms with Crippen molar-refractivity contribution in [1.82, 2.24) is 0 Å². The molecule has 0 bridgehead atoms. The van der Waals surface area contributed by atoms with E-state index in [0.29, 0.717) is 18.7 Å². The van der Waals surface area contributed by atoms with Crippen molar-refractivity contribution in [3.05, 3.63) is 44.6 Å². The summed E-state index contributed by atoms with van der Waals surface area (Å²) in [6, 6.07) is 7.73. The smallest absolute Gasteiger partial charge is 0.229 e. The molecule has 0 unspecified atom stereocenters. The number of thiophene rings is 1. The van der Waals surface area contributed by atoms with Gasteiger partial charge in [-0.25, -0.2) is 0 Å². The Kier molecular flexibility index (Phi) is 4.31. The van der Waals surface area contributed by atoms with Crippen molar-refractivity contribution in [2.75, 3.05) is 16.8 Å². The molecule has 6 heteroatoms. The number of amides is 2. The third-order valence-electron chi connectivity index (χ3n) is 3.60. The van der Waals surface area contributed by atoms with Crippen LogP contribution in [0.4, 0.5) is 11.4 Å². The molecule has 0 fully saturated rings. The quantitative estimate of drug-likeness (QED) is 0.886. The SMILES string of the molecule is CC(=O)N1CCc2cc(Br)cc(NC(=O)Cc3cccs3)c21. The van der Waals surface area contributed by atoms with E-state index in [9.17, 15) is 9.59 Å². The number of carbonyl (C=O) groups excluding carboxylic acids is 2. The number of rotatable bonds is 3. The Bertz CT molecular complexity index is 728. The summed E-state index contributed by atoms with van der Waals surface area (Å²) in [6.45, 7) is 2.21. The van der Waals surface area contributed by atoms with Gasteiger partial charge in [-0.1, -0.05) is 22.0 Å². The van der Waals surface area contributed by atoms with Gasteiger partial charge in [-0.05, 0) is 35.6 Å². The van der Waals surface area contributed by atoms with Crippen LogP contribution in [-0.4, -0.2) is 18.4 Å². The van der Waals surface area contributed by atoms with Gasteiger partial charge in [0.15, 0.2) is 0 Å². The molecule has 0 saturated heterocycles. The molecule has 4 nitrogen and oxygen atoms in total. The monoisotopic (exact) mass is 378 g/mol. The second kappa shape index (κ2) is 6.22. The Morgan fingerprint density at radius 3 is 2.91 bits per heavy atom. The van der Waals surface area contributed by atoms with Crippen LogP contribution in [0.1, 0.15) is 17.4 Å². The van der Waals surface area contributed by atoms with Gasteiger partial charge in [-0.15, -0.1) is 11.3 Å². The standard InChI is InChI=1S/C16H15BrN2O2S/c1-10(20)19-5-4-11-7-12(17)8-14(16(11)19)18-15(21)9-13-3-2-6-22-13/h2-3,6-8H,4-5,9H2,1H3,(H,18,21). The Morgan fingerprint density at radius 1 is 1.41 bits per heavy atom. The van der Waals surface area contributed by atoms with Gasteiger partial charge in [-0.2, -0.15) is 0 Å². The highest BCUT2D eigenvalue weighted by molar-refractivity contribution is 9.10. The minimum absolute atomic E-state index is 0.00479. The number of halogens is 1. The summed E-state index contributed by atoms with van der Waals surface area (Å²) in [7, 11) is 0. The summed E-state index contributed by atoms with van der Waals surface area (Å²) in [5.41, 5.74) is 2.60. The third kappa shape index (κ3) is 3.08. The van der Waals surface area contributed by atoms with Gasteiger partial charge in [0.1, 0.15) is 0 Å². The molecule has 3 rings (SSSR count). The lowest BCUT2D eigenvalue weighted by atomic mass is 10.1. The topological polar surface area (TPSA) is 49.4 Å². The minimum Gasteiger partial charge on any atom is -0.324 e. The molecule has 1 N–H and O–H groups in total. The number of carbonyl (C=O) groups is 2. The molecule has 0 saturated carbocycles. The van der Waals surface area contributed by atoms with E-state index >= 15 is 0 Å². The summed E-state index contributed by atoms with van der Waals surface area (Å²) in [4.78, 5) is 26.8. The Hall–Kier alpha value is -1.66. The minimum atomic E-state index is -0.0712. The van der Waals surface area contributed by atoms with Crippen LogP contribution in [0, 0.1) is 0 Å². The zero-order valence-electron chi connectivity index (χ0n) is 12.1. The van der Waals surface area contributed by atoms with Gasteiger partial charge in [0.2, 0.25) is 11.8 Å². The highest BCUT2D eigenvalue weighted by atomic mass is 79.9. The van der Waals surface area contributed by atoms with Crippen LogP contribution in [0.3, 0.4) is 0 Å². The van der Waals surface area contributed by atoms with Crippen molar-refractivity contribution in [3.8, 4) is 0 Å². The van der Waals surface area contributed by atoms with E-state index in [4.69, 9.17) is 0 Å². The van der Waals surface area contributed by atoms with Gasteiger partial charge < -0.3 is 10.2 Å². The third-order valence-corrected chi connectivity index (χ3v) is 4.93. The first kappa shape index (κ1) is 15.2. The van der Waals surface area contributed by atoms with Crippen molar-refractivity contribution in [2.24, 2.45) is 0 Å². The van der Waals surface area contributed by atoms with Gasteiger partial charge in [0, 0.05) is 22.8 Å². The summed E-state index contributed by atoms with van der Waals surface area (Å²) >= 11 is 5.03. The molecule has 1 aliphatic rings. The highest BCUT2D eigenvalue weighted by Gasteiger charge is 2.26. The lowest BCUT2D eigenvalue weighted by Gasteiger charge is -2.19. The van der Waals surface area contributed by atoms with Crippen LogP contribution >= 0.6 is 27.3 Å². The Labute approximate surface area is 141 Å². The van der Waals surface area contributed by atoms with Crippen molar-refractivity contribution >= 4 is 50.5 Å². The maximum atomic E-state index is 12.2. The molecule has 1 aliphatic heterocycles. The normalized spacial score (nSPS) is 13.1. The van der Waals surface area contributed by atoms with Gasteiger partial charge in [0.05, 0.1) is 17.8 Å². The summed E-state index contributed by atoms with van der Waals surface area (Å²) in [5.74, 6) is -0.0759. The number of benzene rings is 1. The largest absolute Gasteiger partial charge is 0.324 e. The Morgan fingerprint density at radius 2 is 2.23 bits per heavy atom. The van der Waals surface area contributed by atoms with Crippen LogP contribution in [0.25, 0.3) is 0 Å². The predicted molar refractivity (Wildman–Crippen MR) is 92.5 cm³/mol. The zero-order chi connectivity index (χ0) is 15.7. The van der Waals surface area contributed by atoms with Gasteiger partial charge >= 0.3 is 0 Å². The fourth-order valence-electron chi connectivity index (χ4n) is 2.69. The molecule has 2 aromatic rings. The van der Waals surface area contributed by atoms with Gasteiger partial charge in [0.25, 0.3) is 0 Å². The van der Waals surface area contributed by atoms with E-state index in [0.717, 1.165) is 27.0 Å². The van der Waals surface area contributed by atoms with Crippen molar-refractivity contribution in [2.45, 2.75) is 19.8 Å². The lowest BCUT2D eigenvalue weighted by molar-refractivity contribution is -0.117. The molecule has 2 amide bonds. The summed E-state index contributed by atoms with van der Waals surface area (Å²) in [6.07, 6.45) is 1.15. The summed E-state index contributed by atoms with van der Waals surface area (Å²) in [5, 5.41) is 4.91. The molecule has 2 heterocycles. The van der Waals surface area contributed by atoms with E-state index < -0.39 is 0 Å². The molecule has 0 radical (unpaired) electrons. The average molecular weight is 379 g/mol. The lowest BCUT2D eigenvalue weighted by Crippen LogP contribution is -2.27. The van der Waals surface area contributed by atoms with Crippen LogP contribution in [0.5, 0.6) is 0 Å². The van der Waals surface area contributed by atoms with E-state index in [-0.39, 0.29) is 11.8 Å². The second-order valence-electron chi connectivity index (χ2n) is 5.19. The molecule has 0 aliphatic carbocycles. The maximum absolute atomic E-state index is 12.2. The van der Waals surface area contributed by atoms with E-state index in [1.54, 1.807) is 23.2 Å². The van der Waals surface area contributed by atoms with E-state index in [2.05, 4.69) is 21.2 Å². The van der Waals surface area contributed by atoms with Crippen molar-refractivity contribution in [1.29, 1.82) is 0 Å². The zero-order valence-corrected chi connectivity index (χ0v) is 14.5. The molecule has 0 spiro atoms. The number of fused-ring (bicyclic) bond motifs is 1. The number of anilines is 2. The fraction of sp³-hybridized carbons (Fsp3) is 0.250. The first-order valence-corrected chi connectivity index (χ1v) is 8.64. The molecule has 22 heavy (non-hydrogen) atoms. The molecule has 1 aromatic heterocycles.